The van der Waals surface area contributed by atoms with E-state index in [4.69, 9.17) is 9.97 Å². The van der Waals surface area contributed by atoms with Gasteiger partial charge in [-0.25, -0.2) is 9.97 Å². The van der Waals surface area contributed by atoms with E-state index in [1.54, 1.807) is 11.3 Å². The Morgan fingerprint density at radius 2 is 1.08 bits per heavy atom. The third-order valence-corrected chi connectivity index (χ3v) is 8.10. The lowest BCUT2D eigenvalue weighted by molar-refractivity contribution is 1.02. The van der Waals surface area contributed by atoms with Gasteiger partial charge in [-0.2, -0.15) is 0 Å². The summed E-state index contributed by atoms with van der Waals surface area (Å²) in [4.78, 5) is 10.4. The van der Waals surface area contributed by atoms with Crippen molar-refractivity contribution in [2.45, 2.75) is 0 Å². The molecule has 0 unspecified atom stereocenters. The van der Waals surface area contributed by atoms with Crippen molar-refractivity contribution >= 4 is 54.8 Å². The van der Waals surface area contributed by atoms with Crippen LogP contribution in [0.5, 0.6) is 0 Å². The molecular formula is C34H21N3S. The van der Waals surface area contributed by atoms with Gasteiger partial charge in [0.2, 0.25) is 5.95 Å². The number of benzene rings is 5. The molecule has 5 aromatic carbocycles. The molecule has 0 aliphatic carbocycles. The molecule has 0 spiro atoms. The summed E-state index contributed by atoms with van der Waals surface area (Å²) in [6.07, 6.45) is 0. The van der Waals surface area contributed by atoms with Gasteiger partial charge < -0.3 is 0 Å². The number of hydrogen-bond donors (Lipinski definition) is 0. The van der Waals surface area contributed by atoms with Gasteiger partial charge in [-0.05, 0) is 34.0 Å². The van der Waals surface area contributed by atoms with E-state index in [1.807, 2.05) is 0 Å². The van der Waals surface area contributed by atoms with E-state index in [-0.39, 0.29) is 0 Å². The topological polar surface area (TPSA) is 30.7 Å². The number of fused-ring (bicyclic) bond motifs is 5. The summed E-state index contributed by atoms with van der Waals surface area (Å²) < 4.78 is 2.20. The maximum Gasteiger partial charge on any atom is 0.235 e. The number of thiophene rings is 1. The predicted octanol–water partition coefficient (Wildman–Crippen LogP) is 9.28. The molecule has 3 nitrogen and oxygen atoms in total. The molecule has 0 amide bonds. The zero-order chi connectivity index (χ0) is 25.1. The average molecular weight is 504 g/mol. The second-order valence-electron chi connectivity index (χ2n) is 9.48. The van der Waals surface area contributed by atoms with E-state index in [9.17, 15) is 0 Å². The average Bonchev–Trinajstić information content (AvgIpc) is 3.59. The van der Waals surface area contributed by atoms with Gasteiger partial charge in [0.25, 0.3) is 0 Å². The minimum atomic E-state index is 0.691. The quantitative estimate of drug-likeness (QED) is 0.240. The van der Waals surface area contributed by atoms with E-state index in [2.05, 4.69) is 131 Å². The molecule has 0 fully saturated rings. The summed E-state index contributed by atoms with van der Waals surface area (Å²) in [7, 11) is 0. The van der Waals surface area contributed by atoms with Crippen molar-refractivity contribution in [2.24, 2.45) is 0 Å². The molecule has 8 aromatic rings. The summed E-state index contributed by atoms with van der Waals surface area (Å²) in [6.45, 7) is 0. The smallest absolute Gasteiger partial charge is 0.235 e. The Morgan fingerprint density at radius 3 is 1.87 bits per heavy atom. The predicted molar refractivity (Wildman–Crippen MR) is 160 cm³/mol. The van der Waals surface area contributed by atoms with Crippen molar-refractivity contribution in [2.75, 3.05) is 0 Å². The second-order valence-corrected chi connectivity index (χ2v) is 10.2. The Balaban J connectivity index is 1.45. The zero-order valence-corrected chi connectivity index (χ0v) is 21.2. The number of para-hydroxylation sites is 2. The van der Waals surface area contributed by atoms with Gasteiger partial charge in [0.05, 0.1) is 22.2 Å². The summed E-state index contributed by atoms with van der Waals surface area (Å²) in [5, 5.41) is 10.2. The first-order valence-corrected chi connectivity index (χ1v) is 13.6. The van der Waals surface area contributed by atoms with Crippen molar-refractivity contribution in [3.8, 4) is 28.3 Å². The van der Waals surface area contributed by atoms with Crippen LogP contribution in [0.15, 0.2) is 126 Å². The number of nitrogens with zero attached hydrogens (tertiary/aromatic N) is 3. The molecule has 3 aromatic heterocycles. The van der Waals surface area contributed by atoms with Crippen molar-refractivity contribution in [1.82, 2.24) is 14.5 Å². The Hall–Kier alpha value is -4.80. The molecular weight excluding hydrogens is 482 g/mol. The highest BCUT2D eigenvalue weighted by Gasteiger charge is 2.19. The number of hydrogen-bond acceptors (Lipinski definition) is 3. The third-order valence-electron chi connectivity index (χ3n) is 7.37. The molecule has 0 aliphatic heterocycles. The first-order valence-electron chi connectivity index (χ1n) is 12.7. The van der Waals surface area contributed by atoms with Crippen LogP contribution in [0.25, 0.3) is 71.8 Å². The van der Waals surface area contributed by atoms with Gasteiger partial charge in [0.1, 0.15) is 0 Å². The molecule has 0 radical (unpaired) electrons. The van der Waals surface area contributed by atoms with Gasteiger partial charge in [-0.15, -0.1) is 11.3 Å². The SMILES string of the molecule is c1ccc(-c2nc(-n3c4ccccc4c4ccccc43)nc3cscc23)c(-c2cccc3ccccc23)c1. The minimum Gasteiger partial charge on any atom is -0.278 e. The molecule has 0 aliphatic rings. The summed E-state index contributed by atoms with van der Waals surface area (Å²) in [5.74, 6) is 0.691. The second kappa shape index (κ2) is 8.37. The lowest BCUT2D eigenvalue weighted by atomic mass is 9.92. The van der Waals surface area contributed by atoms with Crippen molar-refractivity contribution in [3.05, 3.63) is 126 Å². The minimum absolute atomic E-state index is 0.691. The molecule has 38 heavy (non-hydrogen) atoms. The van der Waals surface area contributed by atoms with Crippen LogP contribution in [0.3, 0.4) is 0 Å². The van der Waals surface area contributed by atoms with Gasteiger partial charge in [0.15, 0.2) is 0 Å². The van der Waals surface area contributed by atoms with E-state index < -0.39 is 0 Å². The largest absolute Gasteiger partial charge is 0.278 e. The first kappa shape index (κ1) is 21.3. The van der Waals surface area contributed by atoms with Crippen LogP contribution < -0.4 is 0 Å². The highest BCUT2D eigenvalue weighted by molar-refractivity contribution is 7.09. The Labute approximate surface area is 223 Å². The van der Waals surface area contributed by atoms with Gasteiger partial charge in [-0.3, -0.25) is 4.57 Å². The Morgan fingerprint density at radius 1 is 0.474 bits per heavy atom. The molecule has 0 N–H and O–H groups in total. The van der Waals surface area contributed by atoms with E-state index >= 15 is 0 Å². The maximum absolute atomic E-state index is 5.31. The van der Waals surface area contributed by atoms with Gasteiger partial charge >= 0.3 is 0 Å². The lowest BCUT2D eigenvalue weighted by Gasteiger charge is -2.14. The van der Waals surface area contributed by atoms with Crippen LogP contribution in [-0.4, -0.2) is 14.5 Å². The Bertz CT molecular complexity index is 2090. The Kier molecular flexibility index (Phi) is 4.69. The fourth-order valence-corrected chi connectivity index (χ4v) is 6.42. The van der Waals surface area contributed by atoms with E-state index in [0.29, 0.717) is 5.95 Å². The first-order chi connectivity index (χ1) is 18.9. The van der Waals surface area contributed by atoms with Crippen LogP contribution in [-0.2, 0) is 0 Å². The van der Waals surface area contributed by atoms with E-state index in [0.717, 1.165) is 33.2 Å². The molecule has 0 saturated heterocycles. The van der Waals surface area contributed by atoms with Crippen molar-refractivity contribution < 1.29 is 0 Å². The normalized spacial score (nSPS) is 11.7. The van der Waals surface area contributed by atoms with Crippen molar-refractivity contribution in [3.63, 3.8) is 0 Å². The number of aromatic nitrogens is 3. The third kappa shape index (κ3) is 3.14. The molecule has 0 bridgehead atoms. The summed E-state index contributed by atoms with van der Waals surface area (Å²) in [5.41, 5.74) is 7.62. The van der Waals surface area contributed by atoms with Crippen LogP contribution in [0.4, 0.5) is 0 Å². The van der Waals surface area contributed by atoms with Crippen molar-refractivity contribution in [1.29, 1.82) is 0 Å². The molecule has 8 rings (SSSR count). The standard InChI is InChI=1S/C34H21N3S/c1-2-12-23-22(10-1)11-9-17-24(23)25-13-3-4-16-28(25)33-29-20-38-21-30(29)35-34(36-33)37-31-18-7-5-14-26(31)27-15-6-8-19-32(27)37/h1-21H. The number of rotatable bonds is 3. The van der Waals surface area contributed by atoms with Crippen LogP contribution in [0.1, 0.15) is 0 Å². The summed E-state index contributed by atoms with van der Waals surface area (Å²) >= 11 is 1.67. The highest BCUT2D eigenvalue weighted by Crippen LogP contribution is 2.39. The van der Waals surface area contributed by atoms with E-state index in [1.165, 1.54) is 32.7 Å². The summed E-state index contributed by atoms with van der Waals surface area (Å²) in [6, 6.07) is 40.7. The van der Waals surface area contributed by atoms with Gasteiger partial charge in [0, 0.05) is 32.5 Å². The monoisotopic (exact) mass is 503 g/mol. The molecule has 178 valence electrons. The molecule has 4 heteroatoms. The molecule has 3 heterocycles. The maximum atomic E-state index is 5.31. The molecule has 0 atom stereocenters. The van der Waals surface area contributed by atoms with Gasteiger partial charge in [-0.1, -0.05) is 103 Å². The van der Waals surface area contributed by atoms with Crippen LogP contribution in [0.2, 0.25) is 0 Å². The van der Waals surface area contributed by atoms with Crippen LogP contribution >= 0.6 is 11.3 Å². The highest BCUT2D eigenvalue weighted by atomic mass is 32.1. The zero-order valence-electron chi connectivity index (χ0n) is 20.4. The fourth-order valence-electron chi connectivity index (χ4n) is 5.68. The molecule has 0 saturated carbocycles. The van der Waals surface area contributed by atoms with Crippen LogP contribution in [0, 0.1) is 0 Å². The fraction of sp³-hybridized carbons (Fsp3) is 0. The lowest BCUT2D eigenvalue weighted by Crippen LogP contribution is -2.03.